The van der Waals surface area contributed by atoms with Crippen LogP contribution >= 0.6 is 0 Å². The molecule has 2 aromatic carbocycles. The molecular weight excluding hydrogens is 314 g/mol. The summed E-state index contributed by atoms with van der Waals surface area (Å²) in [6, 6.07) is 15.1. The first kappa shape index (κ1) is 18.8. The van der Waals surface area contributed by atoms with Gasteiger partial charge in [-0.3, -0.25) is 4.79 Å². The van der Waals surface area contributed by atoms with Gasteiger partial charge in [0.05, 0.1) is 18.4 Å². The normalized spacial score (nSPS) is 11.1. The van der Waals surface area contributed by atoms with Crippen molar-refractivity contribution >= 4 is 17.3 Å². The van der Waals surface area contributed by atoms with Gasteiger partial charge in [0.25, 0.3) is 5.91 Å². The molecule has 2 aromatic rings. The summed E-state index contributed by atoms with van der Waals surface area (Å²) in [6.45, 7) is 5.22. The lowest BCUT2D eigenvalue weighted by molar-refractivity contribution is 0.0741. The molecule has 0 radical (unpaired) electrons. The first-order valence-electron chi connectivity index (χ1n) is 8.32. The van der Waals surface area contributed by atoms with Crippen LogP contribution in [0.5, 0.6) is 5.75 Å². The van der Waals surface area contributed by atoms with Crippen molar-refractivity contribution in [1.29, 1.82) is 0 Å². The minimum Gasteiger partial charge on any atom is -0.497 e. The first-order valence-corrected chi connectivity index (χ1v) is 8.32. The van der Waals surface area contributed by atoms with Crippen LogP contribution in [-0.4, -0.2) is 38.1 Å². The number of amides is 1. The average Bonchev–Trinajstić information content (AvgIpc) is 2.61. The maximum absolute atomic E-state index is 12.9. The third-order valence-corrected chi connectivity index (χ3v) is 4.07. The molecule has 0 spiro atoms. The molecule has 0 saturated carbocycles. The number of anilines is 2. The molecule has 0 bridgehead atoms. The van der Waals surface area contributed by atoms with E-state index < -0.39 is 0 Å². The monoisotopic (exact) mass is 341 g/mol. The molecule has 1 amide bonds. The number of hydrogen-bond acceptors (Lipinski definition) is 4. The molecule has 0 fully saturated rings. The second-order valence-electron chi connectivity index (χ2n) is 6.93. The number of nitrogens with two attached hydrogens (primary N) is 1. The molecule has 0 aliphatic carbocycles. The van der Waals surface area contributed by atoms with Crippen LogP contribution in [0.15, 0.2) is 48.5 Å². The van der Waals surface area contributed by atoms with Crippen molar-refractivity contribution in [2.45, 2.75) is 13.8 Å². The fourth-order valence-electron chi connectivity index (χ4n) is 2.62. The summed E-state index contributed by atoms with van der Waals surface area (Å²) >= 11 is 0. The minimum absolute atomic E-state index is 0.0347. The predicted octanol–water partition coefficient (Wildman–Crippen LogP) is 3.50. The number of nitrogens with zero attached hydrogens (tertiary/aromatic N) is 1. The summed E-state index contributed by atoms with van der Waals surface area (Å²) < 4.78 is 5.25. The van der Waals surface area contributed by atoms with E-state index in [0.29, 0.717) is 18.7 Å². The highest BCUT2D eigenvalue weighted by molar-refractivity contribution is 6.00. The number of hydrogen-bond donors (Lipinski definition) is 2. The number of methoxy groups -OCH3 is 1. The van der Waals surface area contributed by atoms with Crippen LogP contribution in [0.2, 0.25) is 0 Å². The Morgan fingerprint density at radius 1 is 1.20 bits per heavy atom. The van der Waals surface area contributed by atoms with E-state index in [1.165, 1.54) is 0 Å². The molecular formula is C20H27N3O2. The van der Waals surface area contributed by atoms with Crippen LogP contribution in [-0.2, 0) is 0 Å². The molecule has 0 saturated heterocycles. The van der Waals surface area contributed by atoms with Crippen LogP contribution < -0.4 is 15.8 Å². The maximum atomic E-state index is 12.9. The van der Waals surface area contributed by atoms with Crippen molar-refractivity contribution in [3.8, 4) is 5.75 Å². The lowest BCUT2D eigenvalue weighted by Gasteiger charge is -2.29. The predicted molar refractivity (Wildman–Crippen MR) is 103 cm³/mol. The Morgan fingerprint density at radius 2 is 1.92 bits per heavy atom. The Kier molecular flexibility index (Phi) is 6.04. The van der Waals surface area contributed by atoms with Gasteiger partial charge in [-0.25, -0.2) is 0 Å². The van der Waals surface area contributed by atoms with Crippen LogP contribution in [0, 0.1) is 5.41 Å². The van der Waals surface area contributed by atoms with E-state index in [9.17, 15) is 4.79 Å². The lowest BCUT2D eigenvalue weighted by atomic mass is 9.93. The Bertz CT molecular complexity index is 728. The molecule has 0 atom stereocenters. The molecule has 2 rings (SSSR count). The van der Waals surface area contributed by atoms with Crippen LogP contribution in [0.1, 0.15) is 24.2 Å². The molecule has 0 aliphatic heterocycles. The van der Waals surface area contributed by atoms with Gasteiger partial charge in [0.1, 0.15) is 5.75 Å². The molecule has 0 aromatic heterocycles. The molecule has 5 heteroatoms. The van der Waals surface area contributed by atoms with E-state index in [4.69, 9.17) is 10.5 Å². The van der Waals surface area contributed by atoms with Gasteiger partial charge in [0, 0.05) is 25.3 Å². The van der Waals surface area contributed by atoms with Gasteiger partial charge in [-0.05, 0) is 36.2 Å². The molecule has 0 heterocycles. The van der Waals surface area contributed by atoms with Crippen molar-refractivity contribution in [1.82, 2.24) is 4.90 Å². The highest BCUT2D eigenvalue weighted by Gasteiger charge is 2.23. The summed E-state index contributed by atoms with van der Waals surface area (Å²) in [6.07, 6.45) is 0. The average molecular weight is 341 g/mol. The van der Waals surface area contributed by atoms with Gasteiger partial charge in [-0.2, -0.15) is 0 Å². The number of carbonyl (C=O) groups excluding carboxylic acids is 1. The Hall–Kier alpha value is -2.53. The molecule has 0 unspecified atom stereocenters. The second kappa shape index (κ2) is 8.03. The number of benzene rings is 2. The number of ether oxygens (including phenoxy) is 1. The van der Waals surface area contributed by atoms with Crippen LogP contribution in [0.3, 0.4) is 0 Å². The molecule has 3 N–H and O–H groups in total. The van der Waals surface area contributed by atoms with Crippen molar-refractivity contribution < 1.29 is 9.53 Å². The third-order valence-electron chi connectivity index (χ3n) is 4.07. The standard InChI is InChI=1S/C20H27N3O2/c1-20(2,13-21)14-23(3)19(24)17-10-5-6-11-18(17)22-15-8-7-9-16(12-15)25-4/h5-12,22H,13-14,21H2,1-4H3. The molecule has 0 aliphatic rings. The molecule has 5 nitrogen and oxygen atoms in total. The van der Waals surface area contributed by atoms with E-state index in [0.717, 1.165) is 17.1 Å². The van der Waals surface area contributed by atoms with E-state index in [1.54, 1.807) is 12.0 Å². The zero-order valence-electron chi connectivity index (χ0n) is 15.4. The van der Waals surface area contributed by atoms with Crippen molar-refractivity contribution in [2.24, 2.45) is 11.1 Å². The summed E-state index contributed by atoms with van der Waals surface area (Å²) in [7, 11) is 3.44. The SMILES string of the molecule is COc1cccc(Nc2ccccc2C(=O)N(C)CC(C)(C)CN)c1. The minimum atomic E-state index is -0.125. The summed E-state index contributed by atoms with van der Waals surface area (Å²) in [5.74, 6) is 0.725. The van der Waals surface area contributed by atoms with Gasteiger partial charge >= 0.3 is 0 Å². The fraction of sp³-hybridized carbons (Fsp3) is 0.350. The van der Waals surface area contributed by atoms with Gasteiger partial charge < -0.3 is 20.7 Å². The number of rotatable bonds is 7. The van der Waals surface area contributed by atoms with Crippen LogP contribution in [0.25, 0.3) is 0 Å². The molecule has 25 heavy (non-hydrogen) atoms. The van der Waals surface area contributed by atoms with Gasteiger partial charge in [-0.1, -0.05) is 32.0 Å². The van der Waals surface area contributed by atoms with Crippen molar-refractivity contribution in [3.05, 3.63) is 54.1 Å². The second-order valence-corrected chi connectivity index (χ2v) is 6.93. The molecule has 134 valence electrons. The van der Waals surface area contributed by atoms with Gasteiger partial charge in [0.2, 0.25) is 0 Å². The van der Waals surface area contributed by atoms with Crippen LogP contribution in [0.4, 0.5) is 11.4 Å². The van der Waals surface area contributed by atoms with Gasteiger partial charge in [0.15, 0.2) is 0 Å². The lowest BCUT2D eigenvalue weighted by Crippen LogP contribution is -2.39. The largest absolute Gasteiger partial charge is 0.497 e. The van der Waals surface area contributed by atoms with Crippen molar-refractivity contribution in [2.75, 3.05) is 32.6 Å². The Balaban J connectivity index is 2.23. The van der Waals surface area contributed by atoms with E-state index >= 15 is 0 Å². The van der Waals surface area contributed by atoms with E-state index in [2.05, 4.69) is 19.2 Å². The first-order chi connectivity index (χ1) is 11.9. The highest BCUT2D eigenvalue weighted by atomic mass is 16.5. The summed E-state index contributed by atoms with van der Waals surface area (Å²) in [5.41, 5.74) is 7.92. The zero-order valence-corrected chi connectivity index (χ0v) is 15.4. The smallest absolute Gasteiger partial charge is 0.255 e. The highest BCUT2D eigenvalue weighted by Crippen LogP contribution is 2.25. The fourth-order valence-corrected chi connectivity index (χ4v) is 2.62. The summed E-state index contributed by atoms with van der Waals surface area (Å²) in [4.78, 5) is 14.6. The Labute approximate surface area is 149 Å². The number of nitrogens with one attached hydrogen (secondary N) is 1. The third kappa shape index (κ3) is 4.97. The van der Waals surface area contributed by atoms with Crippen molar-refractivity contribution in [3.63, 3.8) is 0 Å². The number of carbonyl (C=O) groups is 1. The maximum Gasteiger partial charge on any atom is 0.255 e. The summed E-state index contributed by atoms with van der Waals surface area (Å²) in [5, 5.41) is 3.31. The Morgan fingerprint density at radius 3 is 2.60 bits per heavy atom. The van der Waals surface area contributed by atoms with Gasteiger partial charge in [-0.15, -0.1) is 0 Å². The van der Waals surface area contributed by atoms with E-state index in [-0.39, 0.29) is 11.3 Å². The van der Waals surface area contributed by atoms with E-state index in [1.807, 2.05) is 55.6 Å². The topological polar surface area (TPSA) is 67.6 Å². The quantitative estimate of drug-likeness (QED) is 0.809. The zero-order chi connectivity index (χ0) is 18.4. The number of para-hydroxylation sites is 1.